The first-order chi connectivity index (χ1) is 8.64. The lowest BCUT2D eigenvalue weighted by Crippen LogP contribution is -2.39. The summed E-state index contributed by atoms with van der Waals surface area (Å²) in [4.78, 5) is 0. The summed E-state index contributed by atoms with van der Waals surface area (Å²) in [6.45, 7) is -0.652. The van der Waals surface area contributed by atoms with Crippen molar-refractivity contribution in [2.24, 2.45) is 11.3 Å². The highest BCUT2D eigenvalue weighted by Crippen LogP contribution is 2.39. The van der Waals surface area contributed by atoms with Crippen LogP contribution in [0.5, 0.6) is 0 Å². The fourth-order valence-corrected chi connectivity index (χ4v) is 5.25. The quantitative estimate of drug-likeness (QED) is 0.638. The van der Waals surface area contributed by atoms with Gasteiger partial charge in [0.15, 0.2) is 9.84 Å². The highest BCUT2D eigenvalue weighted by molar-refractivity contribution is 7.91. The van der Waals surface area contributed by atoms with Crippen molar-refractivity contribution in [3.8, 4) is 0 Å². The molecule has 1 saturated heterocycles. The van der Waals surface area contributed by atoms with Gasteiger partial charge in [-0.15, -0.1) is 0 Å². The van der Waals surface area contributed by atoms with Crippen LogP contribution in [0.25, 0.3) is 0 Å². The van der Waals surface area contributed by atoms with Crippen LogP contribution in [0.1, 0.15) is 19.3 Å². The molecule has 0 aromatic rings. The molecule has 2 N–H and O–H groups in total. The van der Waals surface area contributed by atoms with E-state index < -0.39 is 25.1 Å². The Balaban J connectivity index is 2.74. The van der Waals surface area contributed by atoms with Gasteiger partial charge in [-0.1, -0.05) is 0 Å². The monoisotopic (exact) mass is 314 g/mol. The van der Waals surface area contributed by atoms with Crippen molar-refractivity contribution >= 4 is 19.7 Å². The Labute approximate surface area is 114 Å². The van der Waals surface area contributed by atoms with Crippen LogP contribution >= 0.6 is 0 Å². The Morgan fingerprint density at radius 3 is 2.21 bits per heavy atom. The second-order valence-corrected chi connectivity index (χ2v) is 10.0. The molecular weight excluding hydrogens is 292 g/mol. The molecule has 1 aliphatic heterocycles. The van der Waals surface area contributed by atoms with Gasteiger partial charge in [0.1, 0.15) is 9.84 Å². The van der Waals surface area contributed by atoms with E-state index >= 15 is 0 Å². The molecule has 0 bridgehead atoms. The molecule has 114 valence electrons. The van der Waals surface area contributed by atoms with Gasteiger partial charge >= 0.3 is 0 Å². The molecule has 1 fully saturated rings. The van der Waals surface area contributed by atoms with Crippen molar-refractivity contribution in [1.82, 2.24) is 0 Å². The summed E-state index contributed by atoms with van der Waals surface area (Å²) in [5.74, 6) is -0.278. The first-order valence-electron chi connectivity index (χ1n) is 6.24. The highest BCUT2D eigenvalue weighted by Gasteiger charge is 2.43. The van der Waals surface area contributed by atoms with Crippen LogP contribution in [0.3, 0.4) is 0 Å². The molecule has 0 spiro atoms. The molecule has 1 unspecified atom stereocenters. The van der Waals surface area contributed by atoms with Crippen LogP contribution in [0, 0.1) is 11.3 Å². The summed E-state index contributed by atoms with van der Waals surface area (Å²) < 4.78 is 45.2. The lowest BCUT2D eigenvalue weighted by molar-refractivity contribution is 0.00471. The number of hydrogen-bond donors (Lipinski definition) is 2. The highest BCUT2D eigenvalue weighted by atomic mass is 32.2. The van der Waals surface area contributed by atoms with Crippen molar-refractivity contribution in [3.05, 3.63) is 0 Å². The van der Waals surface area contributed by atoms with E-state index in [0.717, 1.165) is 6.26 Å². The van der Waals surface area contributed by atoms with E-state index in [9.17, 15) is 27.0 Å². The van der Waals surface area contributed by atoms with Gasteiger partial charge in [0.05, 0.1) is 24.7 Å². The molecule has 8 heteroatoms. The molecule has 6 nitrogen and oxygen atoms in total. The average molecular weight is 314 g/mol. The average Bonchev–Trinajstić information content (AvgIpc) is 2.64. The molecule has 0 radical (unpaired) electrons. The molecule has 0 aliphatic carbocycles. The number of aliphatic hydroxyl groups excluding tert-OH is 2. The van der Waals surface area contributed by atoms with Crippen LogP contribution in [0.2, 0.25) is 0 Å². The Bertz CT molecular complexity index is 489. The third kappa shape index (κ3) is 4.70. The van der Waals surface area contributed by atoms with Crippen molar-refractivity contribution in [3.63, 3.8) is 0 Å². The topological polar surface area (TPSA) is 109 Å². The second kappa shape index (κ2) is 6.07. The molecule has 1 atom stereocenters. The standard InChI is InChI=1S/C11H22O6S2/c1-18(14,15)5-2-4-11(8-12,9-13)10-3-6-19(16,17)7-10/h10,12-13H,2-9H2,1H3. The van der Waals surface area contributed by atoms with Gasteiger partial charge in [-0.05, 0) is 25.2 Å². The van der Waals surface area contributed by atoms with Crippen molar-refractivity contribution in [1.29, 1.82) is 0 Å². The van der Waals surface area contributed by atoms with E-state index in [4.69, 9.17) is 0 Å². The molecule has 0 aromatic heterocycles. The van der Waals surface area contributed by atoms with Gasteiger partial charge in [-0.2, -0.15) is 0 Å². The zero-order valence-electron chi connectivity index (χ0n) is 11.1. The Hall–Kier alpha value is -0.180. The van der Waals surface area contributed by atoms with Gasteiger partial charge in [-0.25, -0.2) is 16.8 Å². The molecule has 0 amide bonds. The SMILES string of the molecule is CS(=O)(=O)CCCC(CO)(CO)C1CCS(=O)(=O)C1. The third-order valence-electron chi connectivity index (χ3n) is 3.92. The van der Waals surface area contributed by atoms with E-state index in [1.165, 1.54) is 0 Å². The Morgan fingerprint density at radius 2 is 1.84 bits per heavy atom. The van der Waals surface area contributed by atoms with Crippen molar-refractivity contribution in [2.45, 2.75) is 19.3 Å². The number of hydrogen-bond acceptors (Lipinski definition) is 6. The van der Waals surface area contributed by atoms with Gasteiger partial charge in [0.2, 0.25) is 0 Å². The molecular formula is C11H22O6S2. The minimum atomic E-state index is -3.09. The fraction of sp³-hybridized carbons (Fsp3) is 1.00. The third-order valence-corrected chi connectivity index (χ3v) is 6.72. The minimum absolute atomic E-state index is 0.0196. The van der Waals surface area contributed by atoms with Crippen LogP contribution in [-0.4, -0.2) is 63.8 Å². The maximum Gasteiger partial charge on any atom is 0.150 e. The van der Waals surface area contributed by atoms with Crippen LogP contribution < -0.4 is 0 Å². The maximum absolute atomic E-state index is 11.5. The lowest BCUT2D eigenvalue weighted by atomic mass is 9.73. The van der Waals surface area contributed by atoms with E-state index in [2.05, 4.69) is 0 Å². The lowest BCUT2D eigenvalue weighted by Gasteiger charge is -2.35. The van der Waals surface area contributed by atoms with Gasteiger partial charge in [0.25, 0.3) is 0 Å². The van der Waals surface area contributed by atoms with Crippen LogP contribution in [0.15, 0.2) is 0 Å². The van der Waals surface area contributed by atoms with Crippen molar-refractivity contribution < 1.29 is 27.0 Å². The number of aliphatic hydroxyl groups is 2. The first kappa shape index (κ1) is 16.9. The normalized spacial score (nSPS) is 23.6. The van der Waals surface area contributed by atoms with E-state index in [1.807, 2.05) is 0 Å². The fourth-order valence-electron chi connectivity index (χ4n) is 2.63. The minimum Gasteiger partial charge on any atom is -0.396 e. The predicted molar refractivity (Wildman–Crippen MR) is 72.3 cm³/mol. The summed E-state index contributed by atoms with van der Waals surface area (Å²) in [5.41, 5.74) is -0.895. The van der Waals surface area contributed by atoms with E-state index in [0.29, 0.717) is 19.3 Å². The van der Waals surface area contributed by atoms with Gasteiger partial charge < -0.3 is 10.2 Å². The van der Waals surface area contributed by atoms with Crippen molar-refractivity contribution in [2.75, 3.05) is 36.7 Å². The largest absolute Gasteiger partial charge is 0.396 e. The predicted octanol–water partition coefficient (Wildman–Crippen LogP) is -0.783. The number of rotatable bonds is 7. The zero-order valence-corrected chi connectivity index (χ0v) is 12.7. The molecule has 1 aliphatic rings. The van der Waals surface area contributed by atoms with E-state index in [-0.39, 0.29) is 36.4 Å². The van der Waals surface area contributed by atoms with Crippen LogP contribution in [0.4, 0.5) is 0 Å². The molecule has 1 rings (SSSR count). The van der Waals surface area contributed by atoms with Crippen LogP contribution in [-0.2, 0) is 19.7 Å². The maximum atomic E-state index is 11.5. The zero-order chi connectivity index (χ0) is 14.7. The van der Waals surface area contributed by atoms with Gasteiger partial charge in [-0.3, -0.25) is 0 Å². The number of sulfone groups is 2. The summed E-state index contributed by atoms with van der Waals surface area (Å²) in [6, 6.07) is 0. The summed E-state index contributed by atoms with van der Waals surface area (Å²) in [6.07, 6.45) is 2.18. The van der Waals surface area contributed by atoms with Gasteiger partial charge in [0, 0.05) is 17.4 Å². The summed E-state index contributed by atoms with van der Waals surface area (Å²) >= 11 is 0. The smallest absolute Gasteiger partial charge is 0.150 e. The second-order valence-electron chi connectivity index (χ2n) is 5.51. The first-order valence-corrected chi connectivity index (χ1v) is 10.1. The van der Waals surface area contributed by atoms with E-state index in [1.54, 1.807) is 0 Å². The molecule has 0 aromatic carbocycles. The Kier molecular flexibility index (Phi) is 5.39. The summed E-state index contributed by atoms with van der Waals surface area (Å²) in [7, 11) is -6.18. The Morgan fingerprint density at radius 1 is 1.26 bits per heavy atom. The molecule has 0 saturated carbocycles. The summed E-state index contributed by atoms with van der Waals surface area (Å²) in [5, 5.41) is 19.1. The molecule has 1 heterocycles. The molecule has 19 heavy (non-hydrogen) atoms.